The summed E-state index contributed by atoms with van der Waals surface area (Å²) in [6.07, 6.45) is 12.4. The Labute approximate surface area is 232 Å². The van der Waals surface area contributed by atoms with Gasteiger partial charge < -0.3 is 14.4 Å². The molecule has 5 rings (SSSR count). The number of rotatable bonds is 10. The van der Waals surface area contributed by atoms with E-state index in [1.165, 1.54) is 35.7 Å². The van der Waals surface area contributed by atoms with Gasteiger partial charge in [-0.15, -0.1) is 0 Å². The van der Waals surface area contributed by atoms with Crippen molar-refractivity contribution < 1.29 is 27.1 Å². The Morgan fingerprint density at radius 3 is 2.33 bits per heavy atom. The van der Waals surface area contributed by atoms with E-state index in [-0.39, 0.29) is 36.8 Å². The molecule has 4 fully saturated rings. The van der Waals surface area contributed by atoms with Crippen LogP contribution in [0.25, 0.3) is 0 Å². The van der Waals surface area contributed by atoms with Gasteiger partial charge in [-0.1, -0.05) is 25.7 Å². The first-order valence-corrected chi connectivity index (χ1v) is 16.3. The fraction of sp³-hybridized carbons (Fsp3) is 0.759. The van der Waals surface area contributed by atoms with Crippen LogP contribution in [0.3, 0.4) is 0 Å². The Morgan fingerprint density at radius 2 is 1.67 bits per heavy atom. The van der Waals surface area contributed by atoms with Crippen LogP contribution in [0.2, 0.25) is 0 Å². The third kappa shape index (κ3) is 7.13. The van der Waals surface area contributed by atoms with Crippen LogP contribution in [-0.4, -0.2) is 75.6 Å². The molecule has 0 radical (unpaired) electrons. The van der Waals surface area contributed by atoms with Gasteiger partial charge in [0.15, 0.2) is 0 Å². The molecule has 218 valence electrons. The van der Waals surface area contributed by atoms with Crippen molar-refractivity contribution in [1.29, 1.82) is 0 Å². The highest BCUT2D eigenvalue weighted by molar-refractivity contribution is 7.87. The average Bonchev–Trinajstić information content (AvgIpc) is 3.62. The number of carbonyl (C=O) groups excluding carboxylic acids is 1. The molecule has 0 bridgehead atoms. The Hall–Kier alpha value is -1.75. The summed E-state index contributed by atoms with van der Waals surface area (Å²) < 4.78 is 57.0. The summed E-state index contributed by atoms with van der Waals surface area (Å²) in [6, 6.07) is 3.14. The summed E-state index contributed by atoms with van der Waals surface area (Å²) >= 11 is 0. The van der Waals surface area contributed by atoms with Crippen molar-refractivity contribution in [3.05, 3.63) is 29.1 Å². The van der Waals surface area contributed by atoms with Crippen molar-refractivity contribution in [3.63, 3.8) is 0 Å². The minimum absolute atomic E-state index is 0.00646. The topological polar surface area (TPSA) is 88.2 Å². The van der Waals surface area contributed by atoms with Crippen LogP contribution >= 0.6 is 0 Å². The van der Waals surface area contributed by atoms with Crippen molar-refractivity contribution in [2.24, 2.45) is 5.92 Å². The first kappa shape index (κ1) is 28.8. The molecule has 1 heterocycles. The zero-order valence-corrected chi connectivity index (χ0v) is 24.2. The lowest BCUT2D eigenvalue weighted by Crippen LogP contribution is -2.50. The maximum Gasteiger partial charge on any atom is 0.304 e. The molecule has 0 unspecified atom stereocenters. The van der Waals surface area contributed by atoms with Crippen molar-refractivity contribution in [2.45, 2.75) is 101 Å². The molecule has 10 heteroatoms. The van der Waals surface area contributed by atoms with Gasteiger partial charge in [0.2, 0.25) is 0 Å². The molecule has 1 N–H and O–H groups in total. The van der Waals surface area contributed by atoms with E-state index >= 15 is 4.39 Å². The second kappa shape index (κ2) is 12.4. The summed E-state index contributed by atoms with van der Waals surface area (Å²) in [7, 11) is 0.0571. The molecule has 3 saturated carbocycles. The van der Waals surface area contributed by atoms with Crippen LogP contribution in [0.1, 0.15) is 98.9 Å². The summed E-state index contributed by atoms with van der Waals surface area (Å²) in [4.78, 5) is 15.2. The number of nitrogens with one attached hydrogen (secondary N) is 1. The van der Waals surface area contributed by atoms with E-state index in [0.29, 0.717) is 37.2 Å². The monoisotopic (exact) mass is 565 g/mol. The molecule has 1 aliphatic heterocycles. The maximum absolute atomic E-state index is 15.1. The molecule has 1 aromatic carbocycles. The fourth-order valence-electron chi connectivity index (χ4n) is 6.49. The highest BCUT2D eigenvalue weighted by atomic mass is 32.2. The zero-order chi connectivity index (χ0) is 27.6. The molecule has 0 spiro atoms. The van der Waals surface area contributed by atoms with Crippen LogP contribution in [0.5, 0.6) is 5.75 Å². The van der Waals surface area contributed by atoms with E-state index in [9.17, 15) is 13.2 Å². The molecular formula is C29H44FN3O5S. The Kier molecular flexibility index (Phi) is 9.15. The number of hydrogen-bond donors (Lipinski definition) is 1. The fourth-order valence-corrected chi connectivity index (χ4v) is 7.65. The molecule has 1 aromatic rings. The lowest BCUT2D eigenvalue weighted by molar-refractivity contribution is -0.0806. The van der Waals surface area contributed by atoms with Gasteiger partial charge in [0.25, 0.3) is 5.91 Å². The standard InChI is InChI=1S/C29H44FN3O5S/c1-32(2)26-9-5-6-10-27(26)38-22-13-15-33(16-14-22)39(35,36)31-29(34)24-17-23(21-11-12-21)28(18-25(24)30)37-19-20-7-3-4-8-20/h17-18,20-22,26-27H,3-16,19H2,1-2H3,(H,31,34)/t26-,27-/m0/s1. The van der Waals surface area contributed by atoms with Crippen LogP contribution in [0.15, 0.2) is 12.1 Å². The zero-order valence-electron chi connectivity index (χ0n) is 23.4. The predicted molar refractivity (Wildman–Crippen MR) is 148 cm³/mol. The van der Waals surface area contributed by atoms with Gasteiger partial charge in [0.05, 0.1) is 24.4 Å². The molecule has 1 saturated heterocycles. The number of hydrogen-bond acceptors (Lipinski definition) is 6. The second-order valence-corrected chi connectivity index (χ2v) is 13.8. The van der Waals surface area contributed by atoms with Gasteiger partial charge in [0.1, 0.15) is 11.6 Å². The van der Waals surface area contributed by atoms with Gasteiger partial charge in [-0.2, -0.15) is 12.7 Å². The van der Waals surface area contributed by atoms with Crippen molar-refractivity contribution >= 4 is 16.1 Å². The number of amides is 1. The SMILES string of the molecule is CN(C)[C@H]1CCCC[C@@H]1OC1CCN(S(=O)(=O)NC(=O)c2cc(C3CC3)c(OCC3CCCC3)cc2F)CC1. The molecule has 39 heavy (non-hydrogen) atoms. The number of likely N-dealkylation sites (N-methyl/N-ethyl adjacent to an activating group) is 1. The van der Waals surface area contributed by atoms with E-state index in [1.807, 2.05) is 0 Å². The molecule has 1 amide bonds. The highest BCUT2D eigenvalue weighted by Crippen LogP contribution is 2.45. The minimum atomic E-state index is -4.10. The van der Waals surface area contributed by atoms with Gasteiger partial charge in [-0.3, -0.25) is 4.79 Å². The largest absolute Gasteiger partial charge is 0.493 e. The number of ether oxygens (including phenoxy) is 2. The number of piperidine rings is 1. The van der Waals surface area contributed by atoms with Gasteiger partial charge in [-0.05, 0) is 88.9 Å². The van der Waals surface area contributed by atoms with Crippen LogP contribution in [0, 0.1) is 11.7 Å². The molecule has 0 aromatic heterocycles. The molecule has 3 aliphatic carbocycles. The van der Waals surface area contributed by atoms with E-state index in [4.69, 9.17) is 9.47 Å². The first-order chi connectivity index (χ1) is 18.7. The van der Waals surface area contributed by atoms with Crippen LogP contribution < -0.4 is 9.46 Å². The third-order valence-electron chi connectivity index (χ3n) is 8.97. The number of carbonyl (C=O) groups is 1. The quantitative estimate of drug-likeness (QED) is 0.446. The average molecular weight is 566 g/mol. The van der Waals surface area contributed by atoms with E-state index in [2.05, 4.69) is 23.7 Å². The molecule has 8 nitrogen and oxygen atoms in total. The first-order valence-electron chi connectivity index (χ1n) is 14.8. The predicted octanol–water partition coefficient (Wildman–Crippen LogP) is 4.60. The number of benzene rings is 1. The second-order valence-electron chi connectivity index (χ2n) is 12.1. The summed E-state index contributed by atoms with van der Waals surface area (Å²) in [6.45, 7) is 1.07. The summed E-state index contributed by atoms with van der Waals surface area (Å²) in [5.41, 5.74) is 0.549. The maximum atomic E-state index is 15.1. The molecule has 4 aliphatic rings. The van der Waals surface area contributed by atoms with Crippen molar-refractivity contribution in [2.75, 3.05) is 33.8 Å². The Morgan fingerprint density at radius 1 is 1.00 bits per heavy atom. The van der Waals surface area contributed by atoms with Crippen molar-refractivity contribution in [3.8, 4) is 5.75 Å². The number of halogens is 1. The van der Waals surface area contributed by atoms with E-state index in [1.54, 1.807) is 0 Å². The third-order valence-corrected chi connectivity index (χ3v) is 10.5. The van der Waals surface area contributed by atoms with Crippen LogP contribution in [-0.2, 0) is 14.9 Å². The van der Waals surface area contributed by atoms with Crippen molar-refractivity contribution in [1.82, 2.24) is 13.9 Å². The summed E-state index contributed by atoms with van der Waals surface area (Å²) in [5, 5.41) is 0. The smallest absolute Gasteiger partial charge is 0.304 e. The summed E-state index contributed by atoms with van der Waals surface area (Å²) in [5.74, 6) is -0.505. The van der Waals surface area contributed by atoms with Gasteiger partial charge in [0, 0.05) is 25.2 Å². The van der Waals surface area contributed by atoms with E-state index < -0.39 is 21.9 Å². The normalized spacial score (nSPS) is 25.7. The van der Waals surface area contributed by atoms with E-state index in [0.717, 1.165) is 50.5 Å². The van der Waals surface area contributed by atoms with Crippen LogP contribution in [0.4, 0.5) is 4.39 Å². The lowest BCUT2D eigenvalue weighted by Gasteiger charge is -2.39. The van der Waals surface area contributed by atoms with Gasteiger partial charge in [-0.25, -0.2) is 9.11 Å². The molecule has 2 atom stereocenters. The Bertz CT molecular complexity index is 1110. The molecular weight excluding hydrogens is 521 g/mol. The van der Waals surface area contributed by atoms with Gasteiger partial charge >= 0.3 is 10.2 Å². The lowest BCUT2D eigenvalue weighted by atomic mass is 9.91. The minimum Gasteiger partial charge on any atom is -0.493 e. The Balaban J connectivity index is 1.18. The number of nitrogens with zero attached hydrogens (tertiary/aromatic N) is 2. The highest BCUT2D eigenvalue weighted by Gasteiger charge is 2.35.